The van der Waals surface area contributed by atoms with E-state index in [1.54, 1.807) is 6.07 Å². The van der Waals surface area contributed by atoms with Crippen molar-refractivity contribution in [3.05, 3.63) is 11.6 Å². The van der Waals surface area contributed by atoms with Gasteiger partial charge in [0.25, 0.3) is 0 Å². The number of allylic oxidation sites excluding steroid dienone is 1. The summed E-state index contributed by atoms with van der Waals surface area (Å²) in [7, 11) is 0. The Morgan fingerprint density at radius 3 is 2.53 bits per heavy atom. The van der Waals surface area contributed by atoms with E-state index in [9.17, 15) is 9.59 Å². The largest absolute Gasteiger partial charge is 0.387 e. The standard InChI is InChI=1S/C10H13NO4/c1-7(2)3-4-8(5-11)10(14)15-9(13)6-12/h4,7,12H,3,6H2,1-2H3. The van der Waals surface area contributed by atoms with Crippen molar-refractivity contribution < 1.29 is 19.4 Å². The van der Waals surface area contributed by atoms with Crippen LogP contribution >= 0.6 is 0 Å². The van der Waals surface area contributed by atoms with Gasteiger partial charge in [0, 0.05) is 0 Å². The molecule has 0 fully saturated rings. The molecular weight excluding hydrogens is 198 g/mol. The minimum Gasteiger partial charge on any atom is -0.387 e. The second kappa shape index (κ2) is 6.74. The molecule has 0 radical (unpaired) electrons. The summed E-state index contributed by atoms with van der Waals surface area (Å²) in [6.45, 7) is 2.97. The fraction of sp³-hybridized carbons (Fsp3) is 0.500. The van der Waals surface area contributed by atoms with Crippen molar-refractivity contribution in [2.24, 2.45) is 5.92 Å². The molecule has 0 aliphatic carbocycles. The van der Waals surface area contributed by atoms with Crippen LogP contribution in [0.3, 0.4) is 0 Å². The third kappa shape index (κ3) is 5.60. The Morgan fingerprint density at radius 2 is 2.13 bits per heavy atom. The molecule has 0 aromatic rings. The molecule has 0 amide bonds. The molecule has 0 atom stereocenters. The molecule has 0 aliphatic rings. The number of esters is 2. The fourth-order valence-corrected chi connectivity index (χ4v) is 0.719. The van der Waals surface area contributed by atoms with Gasteiger partial charge in [-0.3, -0.25) is 0 Å². The summed E-state index contributed by atoms with van der Waals surface area (Å²) in [6, 6.07) is 1.64. The summed E-state index contributed by atoms with van der Waals surface area (Å²) >= 11 is 0. The first kappa shape index (κ1) is 13.3. The maximum Gasteiger partial charge on any atom is 0.356 e. The number of nitrogens with zero attached hydrogens (tertiary/aromatic N) is 1. The van der Waals surface area contributed by atoms with Crippen LogP contribution < -0.4 is 0 Å². The van der Waals surface area contributed by atoms with E-state index < -0.39 is 18.5 Å². The van der Waals surface area contributed by atoms with E-state index in [-0.39, 0.29) is 5.57 Å². The fourth-order valence-electron chi connectivity index (χ4n) is 0.719. The van der Waals surface area contributed by atoms with Crippen LogP contribution in [0.2, 0.25) is 0 Å². The lowest BCUT2D eigenvalue weighted by Crippen LogP contribution is -2.16. The molecule has 0 saturated heterocycles. The highest BCUT2D eigenvalue weighted by Crippen LogP contribution is 2.05. The van der Waals surface area contributed by atoms with Gasteiger partial charge in [0.1, 0.15) is 18.2 Å². The van der Waals surface area contributed by atoms with Gasteiger partial charge in [-0.05, 0) is 12.3 Å². The Morgan fingerprint density at radius 1 is 1.53 bits per heavy atom. The summed E-state index contributed by atoms with van der Waals surface area (Å²) in [5.41, 5.74) is -0.217. The molecule has 5 heteroatoms. The number of carbonyl (C=O) groups excluding carboxylic acids is 2. The number of aliphatic hydroxyl groups is 1. The van der Waals surface area contributed by atoms with Gasteiger partial charge in [-0.1, -0.05) is 19.9 Å². The van der Waals surface area contributed by atoms with Gasteiger partial charge >= 0.3 is 11.9 Å². The van der Waals surface area contributed by atoms with Crippen molar-refractivity contribution in [3.63, 3.8) is 0 Å². The third-order valence-electron chi connectivity index (χ3n) is 1.47. The van der Waals surface area contributed by atoms with E-state index >= 15 is 0 Å². The lowest BCUT2D eigenvalue weighted by Gasteiger charge is -2.00. The predicted octanol–water partition coefficient (Wildman–Crippen LogP) is 0.545. The molecule has 5 nitrogen and oxygen atoms in total. The van der Waals surface area contributed by atoms with Gasteiger partial charge in [0.2, 0.25) is 0 Å². The molecule has 82 valence electrons. The van der Waals surface area contributed by atoms with Crippen LogP contribution in [-0.2, 0) is 14.3 Å². The highest BCUT2D eigenvalue weighted by Gasteiger charge is 2.14. The topological polar surface area (TPSA) is 87.4 Å². The van der Waals surface area contributed by atoms with Crippen LogP contribution in [0.1, 0.15) is 20.3 Å². The van der Waals surface area contributed by atoms with E-state index in [0.717, 1.165) is 0 Å². The molecule has 0 aromatic heterocycles. The van der Waals surface area contributed by atoms with Crippen LogP contribution in [0.4, 0.5) is 0 Å². The van der Waals surface area contributed by atoms with Crippen molar-refractivity contribution in [1.29, 1.82) is 5.26 Å². The van der Waals surface area contributed by atoms with E-state index in [1.807, 2.05) is 13.8 Å². The number of nitriles is 1. The van der Waals surface area contributed by atoms with Crippen LogP contribution in [0, 0.1) is 17.2 Å². The van der Waals surface area contributed by atoms with E-state index in [1.165, 1.54) is 6.08 Å². The molecule has 0 unspecified atom stereocenters. The second-order valence-electron chi connectivity index (χ2n) is 3.28. The van der Waals surface area contributed by atoms with Crippen molar-refractivity contribution in [2.45, 2.75) is 20.3 Å². The lowest BCUT2D eigenvalue weighted by molar-refractivity contribution is -0.158. The SMILES string of the molecule is CC(C)CC=C(C#N)C(=O)OC(=O)CO. The molecule has 0 rings (SSSR count). The maximum absolute atomic E-state index is 11.1. The first-order valence-corrected chi connectivity index (χ1v) is 4.47. The summed E-state index contributed by atoms with van der Waals surface area (Å²) < 4.78 is 4.17. The van der Waals surface area contributed by atoms with Gasteiger partial charge < -0.3 is 9.84 Å². The molecule has 0 saturated carbocycles. The molecule has 0 aromatic carbocycles. The zero-order valence-electron chi connectivity index (χ0n) is 8.69. The first-order valence-electron chi connectivity index (χ1n) is 4.47. The summed E-state index contributed by atoms with van der Waals surface area (Å²) in [5, 5.41) is 16.9. The van der Waals surface area contributed by atoms with E-state index in [2.05, 4.69) is 4.74 Å². The second-order valence-corrected chi connectivity index (χ2v) is 3.28. The Bertz CT molecular complexity index is 312. The Hall–Kier alpha value is -1.67. The first-order chi connectivity index (χ1) is 7.01. The quantitative estimate of drug-likeness (QED) is 0.317. The van der Waals surface area contributed by atoms with E-state index in [4.69, 9.17) is 10.4 Å². The van der Waals surface area contributed by atoms with E-state index in [0.29, 0.717) is 12.3 Å². The van der Waals surface area contributed by atoms with Crippen molar-refractivity contribution in [1.82, 2.24) is 0 Å². The number of ether oxygens (including phenoxy) is 1. The molecular formula is C10H13NO4. The van der Waals surface area contributed by atoms with Gasteiger partial charge in [-0.2, -0.15) is 5.26 Å². The Kier molecular flexibility index (Phi) is 5.99. The summed E-state index contributed by atoms with van der Waals surface area (Å²) in [5.74, 6) is -1.78. The highest BCUT2D eigenvalue weighted by molar-refractivity contribution is 5.99. The van der Waals surface area contributed by atoms with Gasteiger partial charge in [0.15, 0.2) is 0 Å². The number of carbonyl (C=O) groups is 2. The Labute approximate surface area is 88.0 Å². The summed E-state index contributed by atoms with van der Waals surface area (Å²) in [6.07, 6.45) is 1.96. The van der Waals surface area contributed by atoms with Crippen LogP contribution in [-0.4, -0.2) is 23.7 Å². The normalized spacial score (nSPS) is 11.0. The van der Waals surface area contributed by atoms with Gasteiger partial charge in [0.05, 0.1) is 0 Å². The number of rotatable bonds is 4. The molecule has 1 N–H and O–H groups in total. The smallest absolute Gasteiger partial charge is 0.356 e. The molecule has 0 aliphatic heterocycles. The maximum atomic E-state index is 11.1. The number of hydrogen-bond acceptors (Lipinski definition) is 5. The highest BCUT2D eigenvalue weighted by atomic mass is 16.6. The lowest BCUT2D eigenvalue weighted by atomic mass is 10.1. The number of hydrogen-bond donors (Lipinski definition) is 1. The van der Waals surface area contributed by atoms with Gasteiger partial charge in [-0.25, -0.2) is 9.59 Å². The predicted molar refractivity (Wildman–Crippen MR) is 51.3 cm³/mol. The van der Waals surface area contributed by atoms with Crippen LogP contribution in [0.25, 0.3) is 0 Å². The molecule has 15 heavy (non-hydrogen) atoms. The minimum atomic E-state index is -1.06. The van der Waals surface area contributed by atoms with Gasteiger partial charge in [-0.15, -0.1) is 0 Å². The number of aliphatic hydroxyl groups excluding tert-OH is 1. The van der Waals surface area contributed by atoms with Crippen LogP contribution in [0.5, 0.6) is 0 Å². The van der Waals surface area contributed by atoms with Crippen molar-refractivity contribution in [3.8, 4) is 6.07 Å². The monoisotopic (exact) mass is 211 g/mol. The van der Waals surface area contributed by atoms with Crippen LogP contribution in [0.15, 0.2) is 11.6 Å². The van der Waals surface area contributed by atoms with Crippen molar-refractivity contribution >= 4 is 11.9 Å². The summed E-state index contributed by atoms with van der Waals surface area (Å²) in [4.78, 5) is 21.7. The zero-order chi connectivity index (χ0) is 11.8. The molecule has 0 heterocycles. The average Bonchev–Trinajstić information content (AvgIpc) is 2.18. The third-order valence-corrected chi connectivity index (χ3v) is 1.47. The van der Waals surface area contributed by atoms with Crippen molar-refractivity contribution in [2.75, 3.05) is 6.61 Å². The minimum absolute atomic E-state index is 0.217. The molecule has 0 spiro atoms. The molecule has 0 bridgehead atoms. The zero-order valence-corrected chi connectivity index (χ0v) is 8.69. The Balaban J connectivity index is 4.43. The average molecular weight is 211 g/mol.